The first-order valence-electron chi connectivity index (χ1n) is 10.1. The third-order valence-corrected chi connectivity index (χ3v) is 4.12. The molecule has 31 heavy (non-hydrogen) atoms. The van der Waals surface area contributed by atoms with Gasteiger partial charge in [0.05, 0.1) is 20.8 Å². The number of halogens is 1. The molecule has 9 nitrogen and oxygen atoms in total. The zero-order valence-corrected chi connectivity index (χ0v) is 20.9. The number of hydrogen-bond acceptors (Lipinski definition) is 8. The molecule has 0 fully saturated rings. The topological polar surface area (TPSA) is 118 Å². The summed E-state index contributed by atoms with van der Waals surface area (Å²) in [6.07, 6.45) is -1.24. The van der Waals surface area contributed by atoms with Crippen molar-refractivity contribution in [2.24, 2.45) is 10.7 Å². The van der Waals surface area contributed by atoms with Crippen molar-refractivity contribution in [3.05, 3.63) is 28.2 Å². The third kappa shape index (κ3) is 12.0. The van der Waals surface area contributed by atoms with Gasteiger partial charge in [0.1, 0.15) is 5.75 Å². The Hall–Kier alpha value is -1.72. The summed E-state index contributed by atoms with van der Waals surface area (Å²) in [7, 11) is 3.05. The fourth-order valence-electron chi connectivity index (χ4n) is 2.24. The van der Waals surface area contributed by atoms with E-state index >= 15 is 0 Å². The Morgan fingerprint density at radius 2 is 1.48 bits per heavy atom. The van der Waals surface area contributed by atoms with Crippen molar-refractivity contribution in [2.75, 3.05) is 40.6 Å². The molecular weight excluding hydrogens is 470 g/mol. The largest absolute Gasteiger partial charge is 0.496 e. The van der Waals surface area contributed by atoms with Gasteiger partial charge >= 0.3 is 0 Å². The van der Waals surface area contributed by atoms with E-state index in [1.165, 1.54) is 7.11 Å². The van der Waals surface area contributed by atoms with Gasteiger partial charge in [0, 0.05) is 36.5 Å². The monoisotopic (exact) mass is 505 g/mol. The van der Waals surface area contributed by atoms with Crippen LogP contribution in [0.2, 0.25) is 0 Å². The van der Waals surface area contributed by atoms with Gasteiger partial charge in [-0.1, -0.05) is 15.9 Å². The molecule has 0 spiro atoms. The normalized spacial score (nSPS) is 11.3. The van der Waals surface area contributed by atoms with Crippen molar-refractivity contribution in [2.45, 2.75) is 46.8 Å². The number of nitrogens with zero attached hydrogens (tertiary/aromatic N) is 1. The molecular formula is C21H36BrN3O6. The molecule has 0 aliphatic rings. The maximum absolute atomic E-state index is 7.23. The van der Waals surface area contributed by atoms with E-state index in [4.69, 9.17) is 34.8 Å². The van der Waals surface area contributed by atoms with Gasteiger partial charge in [-0.15, -0.1) is 0 Å². The molecule has 0 saturated carbocycles. The lowest BCUT2D eigenvalue weighted by Crippen LogP contribution is -2.34. The molecule has 0 unspecified atom stereocenters. The van der Waals surface area contributed by atoms with E-state index in [9.17, 15) is 0 Å². The number of amidine groups is 1. The first-order chi connectivity index (χ1) is 14.9. The molecule has 0 heterocycles. The molecule has 0 aliphatic heterocycles. The van der Waals surface area contributed by atoms with Gasteiger partial charge in [0.25, 0.3) is 0 Å². The van der Waals surface area contributed by atoms with Crippen molar-refractivity contribution >= 4 is 27.7 Å². The van der Waals surface area contributed by atoms with Crippen LogP contribution in [0, 0.1) is 5.41 Å². The summed E-state index contributed by atoms with van der Waals surface area (Å²) >= 11 is 3.43. The molecule has 0 atom stereocenters. The Kier molecular flexibility index (Phi) is 16.9. The molecule has 1 aromatic rings. The van der Waals surface area contributed by atoms with Crippen molar-refractivity contribution in [1.29, 1.82) is 5.41 Å². The second-order valence-electron chi connectivity index (χ2n) is 5.75. The van der Waals surface area contributed by atoms with E-state index < -0.39 is 12.6 Å². The standard InChI is InChI=1S/C14H21BrN2O3.C7H15NO3/c1-4-19-14(20-5-2)13(16)17-9-10-8-11(15)6-7-12(10)18-3;1-4-10-7(11-5-2)6(8)9-3/h6-8,14H,4-5,9H2,1-3H3,(H2,16,17);7-8H,4-5H2,1-3H3. The number of hydrogen-bond donors (Lipinski definition) is 2. The average Bonchev–Trinajstić information content (AvgIpc) is 2.77. The molecule has 0 amide bonds. The van der Waals surface area contributed by atoms with E-state index in [1.807, 2.05) is 45.9 Å². The lowest BCUT2D eigenvalue weighted by Gasteiger charge is -2.16. The lowest BCUT2D eigenvalue weighted by molar-refractivity contribution is -0.101. The van der Waals surface area contributed by atoms with Crippen LogP contribution in [-0.2, 0) is 30.2 Å². The van der Waals surface area contributed by atoms with Crippen LogP contribution in [0.5, 0.6) is 5.75 Å². The molecule has 0 radical (unpaired) electrons. The highest BCUT2D eigenvalue weighted by Crippen LogP contribution is 2.23. The smallest absolute Gasteiger partial charge is 0.239 e. The van der Waals surface area contributed by atoms with E-state index in [2.05, 4.69) is 25.7 Å². The summed E-state index contributed by atoms with van der Waals surface area (Å²) in [4.78, 5) is 4.33. The van der Waals surface area contributed by atoms with E-state index in [-0.39, 0.29) is 5.90 Å². The highest BCUT2D eigenvalue weighted by Gasteiger charge is 2.14. The minimum atomic E-state index is -0.644. The zero-order valence-electron chi connectivity index (χ0n) is 19.3. The van der Waals surface area contributed by atoms with Crippen LogP contribution in [0.4, 0.5) is 0 Å². The summed E-state index contributed by atoms with van der Waals surface area (Å²) in [6.45, 7) is 9.91. The SMILES string of the molecule is CCOC(OCC)C(=N)OC.CCOC(OCC)C(N)=NCc1cc(Br)ccc1OC. The minimum absolute atomic E-state index is 0.00806. The van der Waals surface area contributed by atoms with Crippen LogP contribution in [0.25, 0.3) is 0 Å². The Labute approximate surface area is 193 Å². The summed E-state index contributed by atoms with van der Waals surface area (Å²) in [6, 6.07) is 5.75. The van der Waals surface area contributed by atoms with Crippen LogP contribution in [0.3, 0.4) is 0 Å². The van der Waals surface area contributed by atoms with Crippen LogP contribution < -0.4 is 10.5 Å². The number of ether oxygens (including phenoxy) is 6. The summed E-state index contributed by atoms with van der Waals surface area (Å²) in [5.74, 6) is 1.11. The number of aliphatic imine (C=N–C) groups is 1. The zero-order chi connectivity index (χ0) is 23.6. The molecule has 0 aromatic heterocycles. The van der Waals surface area contributed by atoms with E-state index in [0.717, 1.165) is 15.8 Å². The average molecular weight is 506 g/mol. The van der Waals surface area contributed by atoms with Gasteiger partial charge in [-0.3, -0.25) is 10.4 Å². The van der Waals surface area contributed by atoms with Gasteiger partial charge in [0.2, 0.25) is 18.5 Å². The second kappa shape index (κ2) is 17.9. The number of benzene rings is 1. The quantitative estimate of drug-likeness (QED) is 0.238. The number of methoxy groups -OCH3 is 2. The fraction of sp³-hybridized carbons (Fsp3) is 0.619. The van der Waals surface area contributed by atoms with Crippen molar-refractivity contribution in [3.8, 4) is 5.75 Å². The predicted molar refractivity (Wildman–Crippen MR) is 125 cm³/mol. The molecule has 10 heteroatoms. The molecule has 1 rings (SSSR count). The predicted octanol–water partition coefficient (Wildman–Crippen LogP) is 3.72. The second-order valence-corrected chi connectivity index (χ2v) is 6.67. The summed E-state index contributed by atoms with van der Waals surface area (Å²) in [5.41, 5.74) is 6.86. The van der Waals surface area contributed by atoms with Crippen molar-refractivity contribution < 1.29 is 28.4 Å². The Balaban J connectivity index is 0.000000695. The Bertz CT molecular complexity index is 648. The first-order valence-corrected chi connectivity index (χ1v) is 10.9. The fourth-order valence-corrected chi connectivity index (χ4v) is 2.65. The minimum Gasteiger partial charge on any atom is -0.496 e. The molecule has 1 aromatic carbocycles. The Morgan fingerprint density at radius 1 is 0.968 bits per heavy atom. The maximum Gasteiger partial charge on any atom is 0.239 e. The first kappa shape index (κ1) is 29.3. The van der Waals surface area contributed by atoms with Gasteiger partial charge in [-0.2, -0.15) is 0 Å². The third-order valence-electron chi connectivity index (χ3n) is 3.62. The Morgan fingerprint density at radius 3 is 1.94 bits per heavy atom. The van der Waals surface area contributed by atoms with Crippen molar-refractivity contribution in [1.82, 2.24) is 0 Å². The summed E-state index contributed by atoms with van der Waals surface area (Å²) in [5, 5.41) is 7.23. The van der Waals surface area contributed by atoms with Crippen LogP contribution in [0.15, 0.2) is 27.7 Å². The van der Waals surface area contributed by atoms with Gasteiger partial charge < -0.3 is 34.2 Å². The van der Waals surface area contributed by atoms with Gasteiger partial charge in [-0.05, 0) is 45.9 Å². The maximum atomic E-state index is 7.23. The number of rotatable bonds is 13. The van der Waals surface area contributed by atoms with Crippen LogP contribution in [0.1, 0.15) is 33.3 Å². The molecule has 0 saturated heterocycles. The highest BCUT2D eigenvalue weighted by molar-refractivity contribution is 9.10. The molecule has 178 valence electrons. The molecule has 3 N–H and O–H groups in total. The number of nitrogens with two attached hydrogens (primary N) is 1. The van der Waals surface area contributed by atoms with E-state index in [0.29, 0.717) is 38.8 Å². The van der Waals surface area contributed by atoms with Crippen molar-refractivity contribution in [3.63, 3.8) is 0 Å². The highest BCUT2D eigenvalue weighted by atomic mass is 79.9. The lowest BCUT2D eigenvalue weighted by atomic mass is 10.2. The summed E-state index contributed by atoms with van der Waals surface area (Å²) < 4.78 is 31.8. The number of nitrogens with one attached hydrogen (secondary N) is 1. The molecule has 0 aliphatic carbocycles. The van der Waals surface area contributed by atoms with E-state index in [1.54, 1.807) is 7.11 Å². The van der Waals surface area contributed by atoms with Gasteiger partial charge in [0.15, 0.2) is 5.84 Å². The van der Waals surface area contributed by atoms with Crippen LogP contribution >= 0.6 is 15.9 Å². The van der Waals surface area contributed by atoms with Crippen LogP contribution in [-0.4, -0.2) is 65.0 Å². The molecule has 0 bridgehead atoms. The van der Waals surface area contributed by atoms with Gasteiger partial charge in [-0.25, -0.2) is 0 Å².